The summed E-state index contributed by atoms with van der Waals surface area (Å²) in [5.41, 5.74) is 1.29. The molecule has 0 unspecified atom stereocenters. The lowest BCUT2D eigenvalue weighted by Crippen LogP contribution is -2.40. The largest absolute Gasteiger partial charge is 0.508 e. The molecule has 1 aromatic carbocycles. The molecule has 1 fully saturated rings. The van der Waals surface area contributed by atoms with Crippen LogP contribution in [0.4, 0.5) is 0 Å². The minimum atomic E-state index is 0.0415. The van der Waals surface area contributed by atoms with Gasteiger partial charge in [0.1, 0.15) is 5.75 Å². The van der Waals surface area contributed by atoms with Crippen molar-refractivity contribution in [2.24, 2.45) is 5.92 Å². The molecule has 1 atom stereocenters. The average Bonchev–Trinajstić information content (AvgIpc) is 2.50. The Morgan fingerprint density at radius 1 is 1.48 bits per heavy atom. The Kier molecular flexibility index (Phi) is 5.62. The number of nitrogens with zero attached hydrogens (tertiary/aromatic N) is 1. The normalized spacial score (nSPS) is 18.8. The smallest absolute Gasteiger partial charge is 0.254 e. The highest BCUT2D eigenvalue weighted by Crippen LogP contribution is 2.25. The van der Waals surface area contributed by atoms with Crippen molar-refractivity contribution in [3.8, 4) is 5.75 Å². The number of amides is 1. The first-order valence-electron chi connectivity index (χ1n) is 7.70. The second-order valence-corrected chi connectivity index (χ2v) is 5.84. The molecule has 1 aromatic rings. The van der Waals surface area contributed by atoms with E-state index in [0.717, 1.165) is 39.0 Å². The van der Waals surface area contributed by atoms with Gasteiger partial charge in [0, 0.05) is 37.9 Å². The molecule has 21 heavy (non-hydrogen) atoms. The predicted octanol–water partition coefficient (Wildman–Crippen LogP) is 2.98. The van der Waals surface area contributed by atoms with Gasteiger partial charge in [-0.3, -0.25) is 4.79 Å². The Labute approximate surface area is 126 Å². The summed E-state index contributed by atoms with van der Waals surface area (Å²) in [5, 5.41) is 9.76. The zero-order chi connectivity index (χ0) is 15.2. The molecule has 1 amide bonds. The van der Waals surface area contributed by atoms with Crippen LogP contribution in [0.1, 0.15) is 41.6 Å². The van der Waals surface area contributed by atoms with Gasteiger partial charge in [-0.2, -0.15) is 0 Å². The molecule has 0 aliphatic carbocycles. The second-order valence-electron chi connectivity index (χ2n) is 5.84. The van der Waals surface area contributed by atoms with Crippen LogP contribution in [0.5, 0.6) is 5.75 Å². The Morgan fingerprint density at radius 3 is 3.05 bits per heavy atom. The SMILES string of the molecule is COCCC[C@H]1CCCN(C(=O)c2cccc(O)c2C)C1. The van der Waals surface area contributed by atoms with E-state index in [9.17, 15) is 9.90 Å². The Balaban J connectivity index is 2.00. The standard InChI is InChI=1S/C17H25NO3/c1-13-15(8-3-9-16(13)19)17(20)18-10-4-6-14(12-18)7-5-11-21-2/h3,8-9,14,19H,4-7,10-12H2,1-2H3/t14-/m1/s1. The van der Waals surface area contributed by atoms with Crippen LogP contribution in [-0.2, 0) is 4.74 Å². The van der Waals surface area contributed by atoms with Crippen LogP contribution < -0.4 is 0 Å². The summed E-state index contributed by atoms with van der Waals surface area (Å²) in [4.78, 5) is 14.6. The number of methoxy groups -OCH3 is 1. The molecular weight excluding hydrogens is 266 g/mol. The summed E-state index contributed by atoms with van der Waals surface area (Å²) in [6.07, 6.45) is 4.40. The minimum absolute atomic E-state index is 0.0415. The number of phenols is 1. The van der Waals surface area contributed by atoms with Crippen molar-refractivity contribution in [3.05, 3.63) is 29.3 Å². The highest BCUT2D eigenvalue weighted by atomic mass is 16.5. The number of carbonyl (C=O) groups is 1. The average molecular weight is 291 g/mol. The first-order chi connectivity index (χ1) is 10.1. The van der Waals surface area contributed by atoms with E-state index in [-0.39, 0.29) is 11.7 Å². The zero-order valence-corrected chi connectivity index (χ0v) is 13.0. The lowest BCUT2D eigenvalue weighted by molar-refractivity contribution is 0.0659. The van der Waals surface area contributed by atoms with E-state index in [0.29, 0.717) is 17.0 Å². The van der Waals surface area contributed by atoms with E-state index in [2.05, 4.69) is 0 Å². The molecule has 1 aliphatic rings. The number of carbonyl (C=O) groups excluding carboxylic acids is 1. The lowest BCUT2D eigenvalue weighted by Gasteiger charge is -2.33. The fraction of sp³-hybridized carbons (Fsp3) is 0.588. The van der Waals surface area contributed by atoms with E-state index in [1.54, 1.807) is 32.2 Å². The van der Waals surface area contributed by atoms with Gasteiger partial charge < -0.3 is 14.7 Å². The van der Waals surface area contributed by atoms with Gasteiger partial charge >= 0.3 is 0 Å². The first kappa shape index (κ1) is 15.8. The monoisotopic (exact) mass is 291 g/mol. The van der Waals surface area contributed by atoms with Gasteiger partial charge in [-0.05, 0) is 50.7 Å². The molecule has 0 aromatic heterocycles. The maximum atomic E-state index is 12.6. The molecule has 0 radical (unpaired) electrons. The fourth-order valence-electron chi connectivity index (χ4n) is 3.03. The van der Waals surface area contributed by atoms with Crippen molar-refractivity contribution in [2.45, 2.75) is 32.6 Å². The minimum Gasteiger partial charge on any atom is -0.508 e. The Bertz CT molecular complexity index is 487. The third-order valence-corrected chi connectivity index (χ3v) is 4.30. The van der Waals surface area contributed by atoms with E-state index in [1.807, 2.05) is 4.90 Å². The van der Waals surface area contributed by atoms with Crippen molar-refractivity contribution < 1.29 is 14.6 Å². The highest BCUT2D eigenvalue weighted by Gasteiger charge is 2.25. The molecule has 1 heterocycles. The van der Waals surface area contributed by atoms with Crippen molar-refractivity contribution in [3.63, 3.8) is 0 Å². The van der Waals surface area contributed by atoms with E-state index < -0.39 is 0 Å². The topological polar surface area (TPSA) is 49.8 Å². The summed E-state index contributed by atoms with van der Waals surface area (Å²) in [5.74, 6) is 0.796. The fourth-order valence-corrected chi connectivity index (χ4v) is 3.03. The molecular formula is C17H25NO3. The molecule has 1 N–H and O–H groups in total. The van der Waals surface area contributed by atoms with E-state index in [1.165, 1.54) is 6.42 Å². The highest BCUT2D eigenvalue weighted by molar-refractivity contribution is 5.96. The molecule has 116 valence electrons. The summed E-state index contributed by atoms with van der Waals surface area (Å²) in [6.45, 7) is 4.21. The van der Waals surface area contributed by atoms with Gasteiger partial charge in [0.2, 0.25) is 0 Å². The van der Waals surface area contributed by atoms with Crippen LogP contribution in [0.25, 0.3) is 0 Å². The van der Waals surface area contributed by atoms with Crippen LogP contribution in [0.3, 0.4) is 0 Å². The molecule has 0 spiro atoms. The number of aromatic hydroxyl groups is 1. The Morgan fingerprint density at radius 2 is 2.29 bits per heavy atom. The number of ether oxygens (including phenoxy) is 1. The molecule has 0 bridgehead atoms. The number of piperidine rings is 1. The van der Waals surface area contributed by atoms with E-state index in [4.69, 9.17) is 4.74 Å². The summed E-state index contributed by atoms with van der Waals surface area (Å²) in [7, 11) is 1.72. The van der Waals surface area contributed by atoms with Crippen molar-refractivity contribution in [1.82, 2.24) is 4.90 Å². The number of benzene rings is 1. The van der Waals surface area contributed by atoms with Gasteiger partial charge in [0.05, 0.1) is 0 Å². The zero-order valence-electron chi connectivity index (χ0n) is 13.0. The molecule has 4 nitrogen and oxygen atoms in total. The van der Waals surface area contributed by atoms with E-state index >= 15 is 0 Å². The molecule has 1 aliphatic heterocycles. The summed E-state index contributed by atoms with van der Waals surface area (Å²) in [6, 6.07) is 5.15. The van der Waals surface area contributed by atoms with Crippen LogP contribution in [0.2, 0.25) is 0 Å². The van der Waals surface area contributed by atoms with Crippen LogP contribution in [-0.4, -0.2) is 42.7 Å². The van der Waals surface area contributed by atoms with Gasteiger partial charge in [0.25, 0.3) is 5.91 Å². The number of likely N-dealkylation sites (tertiary alicyclic amines) is 1. The van der Waals surface area contributed by atoms with Crippen molar-refractivity contribution in [2.75, 3.05) is 26.8 Å². The Hall–Kier alpha value is -1.55. The van der Waals surface area contributed by atoms with Gasteiger partial charge in [0.15, 0.2) is 0 Å². The number of hydrogen-bond acceptors (Lipinski definition) is 3. The van der Waals surface area contributed by atoms with Crippen molar-refractivity contribution >= 4 is 5.91 Å². The third-order valence-electron chi connectivity index (χ3n) is 4.30. The van der Waals surface area contributed by atoms with Gasteiger partial charge in [-0.25, -0.2) is 0 Å². The molecule has 1 saturated heterocycles. The third kappa shape index (κ3) is 3.97. The number of rotatable bonds is 5. The quantitative estimate of drug-likeness (QED) is 0.849. The number of hydrogen-bond donors (Lipinski definition) is 1. The van der Waals surface area contributed by atoms with Crippen LogP contribution in [0, 0.1) is 12.8 Å². The summed E-state index contributed by atoms with van der Waals surface area (Å²) >= 11 is 0. The lowest BCUT2D eigenvalue weighted by atomic mass is 9.93. The van der Waals surface area contributed by atoms with Gasteiger partial charge in [-0.1, -0.05) is 6.07 Å². The van der Waals surface area contributed by atoms with Crippen molar-refractivity contribution in [1.29, 1.82) is 0 Å². The predicted molar refractivity (Wildman–Crippen MR) is 82.6 cm³/mol. The maximum absolute atomic E-state index is 12.6. The van der Waals surface area contributed by atoms with Gasteiger partial charge in [-0.15, -0.1) is 0 Å². The second kappa shape index (κ2) is 7.46. The number of phenolic OH excluding ortho intramolecular Hbond substituents is 1. The molecule has 0 saturated carbocycles. The first-order valence-corrected chi connectivity index (χ1v) is 7.70. The molecule has 2 rings (SSSR count). The summed E-state index contributed by atoms with van der Waals surface area (Å²) < 4.78 is 5.10. The maximum Gasteiger partial charge on any atom is 0.254 e. The molecule has 4 heteroatoms. The van der Waals surface area contributed by atoms with Crippen LogP contribution in [0.15, 0.2) is 18.2 Å². The van der Waals surface area contributed by atoms with Crippen LogP contribution >= 0.6 is 0 Å².